The van der Waals surface area contributed by atoms with Gasteiger partial charge in [0.1, 0.15) is 5.75 Å². The highest BCUT2D eigenvalue weighted by Gasteiger charge is 2.72. The summed E-state index contributed by atoms with van der Waals surface area (Å²) < 4.78 is 95.4. The van der Waals surface area contributed by atoms with Gasteiger partial charge in [0.2, 0.25) is 0 Å². The van der Waals surface area contributed by atoms with Crippen LogP contribution in [0.2, 0.25) is 0 Å². The second kappa shape index (κ2) is 13.0. The van der Waals surface area contributed by atoms with E-state index in [4.69, 9.17) is 4.74 Å². The molecule has 2 saturated carbocycles. The molecule has 216 valence electrons. The van der Waals surface area contributed by atoms with Gasteiger partial charge in [-0.15, -0.1) is 0 Å². The van der Waals surface area contributed by atoms with E-state index in [-0.39, 0.29) is 23.2 Å². The molecular weight excluding hydrogens is 513 g/mol. The number of hydrogen-bond donors (Lipinski definition) is 0. The van der Waals surface area contributed by atoms with Crippen molar-refractivity contribution in [2.24, 2.45) is 23.7 Å². The van der Waals surface area contributed by atoms with Crippen molar-refractivity contribution in [1.82, 2.24) is 0 Å². The first-order valence-electron chi connectivity index (χ1n) is 14.0. The molecule has 0 unspecified atom stereocenters. The highest BCUT2D eigenvalue weighted by molar-refractivity contribution is 5.75. The zero-order chi connectivity index (χ0) is 28.0. The largest absolute Gasteiger partial charge is 0.459 e. The molecule has 0 N–H and O–H groups in total. The fourth-order valence-electron chi connectivity index (χ4n) is 6.05. The molecule has 2 nitrogen and oxygen atoms in total. The third-order valence-corrected chi connectivity index (χ3v) is 8.56. The molecule has 0 aliphatic heterocycles. The van der Waals surface area contributed by atoms with Gasteiger partial charge in [0.05, 0.1) is 5.92 Å². The number of rotatable bonds is 11. The summed E-state index contributed by atoms with van der Waals surface area (Å²) in [7, 11) is 0. The number of alkyl halides is 7. The van der Waals surface area contributed by atoms with Crippen LogP contribution in [0.5, 0.6) is 5.75 Å². The van der Waals surface area contributed by atoms with E-state index < -0.39 is 30.9 Å². The summed E-state index contributed by atoms with van der Waals surface area (Å²) in [5, 5.41) is 0. The molecule has 2 aliphatic carbocycles. The molecule has 1 aromatic rings. The van der Waals surface area contributed by atoms with E-state index in [1.807, 2.05) is 0 Å². The Balaban J connectivity index is 1.40. The Morgan fingerprint density at radius 1 is 0.816 bits per heavy atom. The lowest BCUT2D eigenvalue weighted by atomic mass is 9.68. The summed E-state index contributed by atoms with van der Waals surface area (Å²) in [4.78, 5) is 12.7. The first kappa shape index (κ1) is 30.7. The molecular formula is C29H39F7O2. The molecule has 0 radical (unpaired) electrons. The number of esters is 1. The Morgan fingerprint density at radius 3 is 1.89 bits per heavy atom. The number of halogens is 7. The average Bonchev–Trinajstić information content (AvgIpc) is 2.88. The molecule has 38 heavy (non-hydrogen) atoms. The summed E-state index contributed by atoms with van der Waals surface area (Å²) in [5.41, 5.74) is 0.142. The first-order chi connectivity index (χ1) is 17.8. The van der Waals surface area contributed by atoms with Crippen molar-refractivity contribution in [3.05, 3.63) is 29.8 Å². The highest BCUT2D eigenvalue weighted by Crippen LogP contribution is 2.48. The lowest BCUT2D eigenvalue weighted by molar-refractivity contribution is -0.355. The third kappa shape index (κ3) is 7.87. The molecule has 0 saturated heterocycles. The quantitative estimate of drug-likeness (QED) is 0.118. The maximum Gasteiger partial charge on any atom is 0.459 e. The smallest absolute Gasteiger partial charge is 0.426 e. The molecule has 3 rings (SSSR count). The van der Waals surface area contributed by atoms with Crippen LogP contribution in [0.1, 0.15) is 96.0 Å². The van der Waals surface area contributed by atoms with Crippen molar-refractivity contribution >= 4 is 5.97 Å². The Bertz CT molecular complexity index is 866. The maximum atomic E-state index is 13.5. The van der Waals surface area contributed by atoms with E-state index in [1.165, 1.54) is 75.6 Å². The summed E-state index contributed by atoms with van der Waals surface area (Å²) in [6.45, 7) is 2.23. The predicted molar refractivity (Wildman–Crippen MR) is 131 cm³/mol. The van der Waals surface area contributed by atoms with Gasteiger partial charge in [-0.05, 0) is 80.4 Å². The molecule has 9 heteroatoms. The van der Waals surface area contributed by atoms with Crippen molar-refractivity contribution in [2.45, 2.75) is 115 Å². The minimum atomic E-state index is -6.33. The second-order valence-electron chi connectivity index (χ2n) is 11.2. The highest BCUT2D eigenvalue weighted by atomic mass is 19.4. The van der Waals surface area contributed by atoms with E-state index >= 15 is 0 Å². The van der Waals surface area contributed by atoms with Gasteiger partial charge < -0.3 is 4.74 Å². The lowest BCUT2D eigenvalue weighted by Crippen LogP contribution is -2.52. The van der Waals surface area contributed by atoms with E-state index in [2.05, 4.69) is 6.92 Å². The topological polar surface area (TPSA) is 26.3 Å². The van der Waals surface area contributed by atoms with Gasteiger partial charge in [0, 0.05) is 6.42 Å². The van der Waals surface area contributed by atoms with Crippen molar-refractivity contribution in [1.29, 1.82) is 0 Å². The number of hydrogen-bond acceptors (Lipinski definition) is 2. The van der Waals surface area contributed by atoms with Gasteiger partial charge in [0.25, 0.3) is 0 Å². The number of carbonyl (C=O) groups excluding carboxylic acids is 1. The van der Waals surface area contributed by atoms with Crippen LogP contribution in [0.3, 0.4) is 0 Å². The van der Waals surface area contributed by atoms with Gasteiger partial charge in [0.15, 0.2) is 0 Å². The Hall–Kier alpha value is -1.80. The Kier molecular flexibility index (Phi) is 10.5. The number of benzene rings is 1. The fourth-order valence-corrected chi connectivity index (χ4v) is 6.05. The van der Waals surface area contributed by atoms with Crippen LogP contribution in [0.15, 0.2) is 24.3 Å². The number of aryl methyl sites for hydroxylation is 1. The number of carbonyl (C=O) groups is 1. The van der Waals surface area contributed by atoms with Gasteiger partial charge in [-0.2, -0.15) is 30.7 Å². The van der Waals surface area contributed by atoms with Crippen molar-refractivity contribution in [2.75, 3.05) is 0 Å². The van der Waals surface area contributed by atoms with Crippen LogP contribution in [-0.4, -0.2) is 24.0 Å². The third-order valence-electron chi connectivity index (χ3n) is 8.56. The minimum absolute atomic E-state index is 0.142. The molecule has 2 aliphatic rings. The molecule has 1 aromatic carbocycles. The monoisotopic (exact) mass is 552 g/mol. The second-order valence-corrected chi connectivity index (χ2v) is 11.2. The standard InChI is InChI=1S/C29H39F7O2/c1-2-3-4-5-20-6-10-22(11-7-20)23-12-14-24(15-13-23)26(37)38-25-16-8-21(9-17-25)18-19-27(30,31)28(32,33)29(34,35)36/h8-9,16-17,20,22-24H,2-7,10-15,18-19H2,1H3/t20-,22-,23-,24-. The maximum absolute atomic E-state index is 13.5. The van der Waals surface area contributed by atoms with Crippen molar-refractivity contribution in [3.63, 3.8) is 0 Å². The number of unbranched alkanes of at least 4 members (excludes halogenated alkanes) is 2. The summed E-state index contributed by atoms with van der Waals surface area (Å²) in [6.07, 6.45) is 5.29. The first-order valence-corrected chi connectivity index (χ1v) is 14.0. The van der Waals surface area contributed by atoms with Crippen LogP contribution in [0.25, 0.3) is 0 Å². The van der Waals surface area contributed by atoms with Gasteiger partial charge in [-0.1, -0.05) is 57.6 Å². The van der Waals surface area contributed by atoms with Crippen LogP contribution >= 0.6 is 0 Å². The fraction of sp³-hybridized carbons (Fsp3) is 0.759. The van der Waals surface area contributed by atoms with Gasteiger partial charge in [-0.25, -0.2) is 0 Å². The lowest BCUT2D eigenvalue weighted by Gasteiger charge is -2.37. The molecule has 0 aromatic heterocycles. The van der Waals surface area contributed by atoms with E-state index in [1.54, 1.807) is 0 Å². The van der Waals surface area contributed by atoms with Crippen LogP contribution in [-0.2, 0) is 11.2 Å². The average molecular weight is 553 g/mol. The van der Waals surface area contributed by atoms with E-state index in [9.17, 15) is 35.5 Å². The zero-order valence-electron chi connectivity index (χ0n) is 22.0. The molecule has 2 fully saturated rings. The van der Waals surface area contributed by atoms with Gasteiger partial charge in [-0.3, -0.25) is 4.79 Å². The molecule has 0 atom stereocenters. The minimum Gasteiger partial charge on any atom is -0.426 e. The van der Waals surface area contributed by atoms with Crippen LogP contribution < -0.4 is 4.74 Å². The molecule has 0 amide bonds. The summed E-state index contributed by atoms with van der Waals surface area (Å²) >= 11 is 0. The SMILES string of the molecule is CCCCC[C@H]1CC[C@H]([C@H]2CC[C@H](C(=O)Oc3ccc(CCC(F)(F)C(F)(F)C(F)(F)F)cc3)CC2)CC1. The Labute approximate surface area is 220 Å². The Morgan fingerprint density at radius 2 is 1.37 bits per heavy atom. The van der Waals surface area contributed by atoms with Crippen LogP contribution in [0, 0.1) is 23.7 Å². The van der Waals surface area contributed by atoms with Crippen LogP contribution in [0.4, 0.5) is 30.7 Å². The van der Waals surface area contributed by atoms with Crippen molar-refractivity contribution in [3.8, 4) is 5.75 Å². The molecule has 0 bridgehead atoms. The predicted octanol–water partition coefficient (Wildman–Crippen LogP) is 9.55. The van der Waals surface area contributed by atoms with E-state index in [0.29, 0.717) is 5.92 Å². The van der Waals surface area contributed by atoms with Gasteiger partial charge >= 0.3 is 24.0 Å². The normalized spacial score (nSPS) is 25.3. The number of ether oxygens (including phenoxy) is 1. The summed E-state index contributed by atoms with van der Waals surface area (Å²) in [6, 6.07) is 5.27. The molecule has 0 spiro atoms. The van der Waals surface area contributed by atoms with E-state index in [0.717, 1.165) is 37.5 Å². The zero-order valence-corrected chi connectivity index (χ0v) is 22.0. The summed E-state index contributed by atoms with van der Waals surface area (Å²) in [5.74, 6) is -9.46. The molecule has 0 heterocycles. The van der Waals surface area contributed by atoms with Crippen molar-refractivity contribution < 1.29 is 40.3 Å².